The third-order valence-electron chi connectivity index (χ3n) is 4.98. The molecule has 0 aromatic rings. The highest BCUT2D eigenvalue weighted by Gasteiger charge is 2.44. The Labute approximate surface area is 168 Å². The summed E-state index contributed by atoms with van der Waals surface area (Å²) in [4.78, 5) is 22.7. The van der Waals surface area contributed by atoms with Crippen molar-refractivity contribution in [1.82, 2.24) is 0 Å². The summed E-state index contributed by atoms with van der Waals surface area (Å²) in [5, 5.41) is 37.8. The molecular formula is C21H39NO6. The number of ketones is 1. The highest BCUT2D eigenvalue weighted by Crippen LogP contribution is 2.15. The van der Waals surface area contributed by atoms with E-state index in [0.29, 0.717) is 18.6 Å². The molecule has 0 spiro atoms. The van der Waals surface area contributed by atoms with E-state index >= 15 is 0 Å². The minimum Gasteiger partial charge on any atom is -0.480 e. The second-order valence-corrected chi connectivity index (χ2v) is 7.53. The molecule has 0 aromatic carbocycles. The van der Waals surface area contributed by atoms with Gasteiger partial charge in [-0.05, 0) is 32.1 Å². The van der Waals surface area contributed by atoms with Gasteiger partial charge >= 0.3 is 5.97 Å². The van der Waals surface area contributed by atoms with Crippen LogP contribution in [0.25, 0.3) is 0 Å². The molecule has 0 fully saturated rings. The van der Waals surface area contributed by atoms with E-state index in [2.05, 4.69) is 6.92 Å². The van der Waals surface area contributed by atoms with Gasteiger partial charge in [0.1, 0.15) is 11.9 Å². The molecule has 0 heterocycles. The van der Waals surface area contributed by atoms with Crippen molar-refractivity contribution in [2.24, 2.45) is 5.73 Å². The highest BCUT2D eigenvalue weighted by atomic mass is 16.4. The maximum Gasteiger partial charge on any atom is 0.328 e. The Morgan fingerprint density at radius 2 is 1.54 bits per heavy atom. The van der Waals surface area contributed by atoms with Gasteiger partial charge in [-0.25, -0.2) is 0 Å². The van der Waals surface area contributed by atoms with Crippen molar-refractivity contribution < 1.29 is 30.0 Å². The molecule has 0 aliphatic carbocycles. The van der Waals surface area contributed by atoms with Crippen molar-refractivity contribution in [3.05, 3.63) is 12.2 Å². The topological polar surface area (TPSA) is 141 Å². The minimum absolute atomic E-state index is 0.0555. The summed E-state index contributed by atoms with van der Waals surface area (Å²) in [6, 6.07) is 0. The molecule has 7 heteroatoms. The van der Waals surface area contributed by atoms with Crippen LogP contribution in [0.15, 0.2) is 12.2 Å². The second-order valence-electron chi connectivity index (χ2n) is 7.53. The van der Waals surface area contributed by atoms with E-state index in [1.165, 1.54) is 12.8 Å². The summed E-state index contributed by atoms with van der Waals surface area (Å²) in [7, 11) is 0. The van der Waals surface area contributed by atoms with Crippen LogP contribution in [0.1, 0.15) is 84.0 Å². The lowest BCUT2D eigenvalue weighted by Crippen LogP contribution is -2.63. The van der Waals surface area contributed by atoms with Crippen molar-refractivity contribution >= 4 is 11.8 Å². The van der Waals surface area contributed by atoms with Crippen LogP contribution in [0.2, 0.25) is 0 Å². The largest absolute Gasteiger partial charge is 0.480 e. The first-order chi connectivity index (χ1) is 13.3. The lowest BCUT2D eigenvalue weighted by atomic mass is 9.89. The summed E-state index contributed by atoms with van der Waals surface area (Å²) in [6.07, 6.45) is 11.1. The lowest BCUT2D eigenvalue weighted by Gasteiger charge is -2.30. The van der Waals surface area contributed by atoms with Crippen LogP contribution in [-0.2, 0) is 9.59 Å². The van der Waals surface area contributed by atoms with E-state index in [1.54, 1.807) is 6.08 Å². The molecule has 0 bridgehead atoms. The number of aliphatic hydroxyl groups excluding tert-OH is 3. The van der Waals surface area contributed by atoms with E-state index in [1.807, 2.05) is 6.08 Å². The zero-order valence-corrected chi connectivity index (χ0v) is 17.2. The van der Waals surface area contributed by atoms with Gasteiger partial charge in [0.15, 0.2) is 5.54 Å². The van der Waals surface area contributed by atoms with Gasteiger partial charge in [0.25, 0.3) is 0 Å². The fraction of sp³-hybridized carbons (Fsp3) is 0.810. The van der Waals surface area contributed by atoms with Crippen molar-refractivity contribution in [1.29, 1.82) is 0 Å². The van der Waals surface area contributed by atoms with Crippen molar-refractivity contribution in [3.8, 4) is 0 Å². The van der Waals surface area contributed by atoms with Crippen LogP contribution in [0.5, 0.6) is 0 Å². The molecule has 164 valence electrons. The van der Waals surface area contributed by atoms with E-state index in [9.17, 15) is 19.8 Å². The first-order valence-electron chi connectivity index (χ1n) is 10.5. The molecular weight excluding hydrogens is 362 g/mol. The third kappa shape index (κ3) is 10.9. The Balaban J connectivity index is 3.80. The molecule has 7 nitrogen and oxygen atoms in total. The SMILES string of the molecule is CCCCCCC(=O)CCCCCC/C=C/C[C@H](O)[C@H](O)[C@](N)(CO)C(=O)O. The summed E-state index contributed by atoms with van der Waals surface area (Å²) in [5.74, 6) is -1.20. The number of aliphatic hydroxyl groups is 3. The van der Waals surface area contributed by atoms with Gasteiger partial charge in [0.2, 0.25) is 0 Å². The number of nitrogens with two attached hydrogens (primary N) is 1. The molecule has 0 amide bonds. The van der Waals surface area contributed by atoms with Gasteiger partial charge in [0.05, 0.1) is 12.7 Å². The van der Waals surface area contributed by atoms with Crippen molar-refractivity contribution in [2.45, 2.75) is 102 Å². The van der Waals surface area contributed by atoms with Crippen LogP contribution < -0.4 is 5.73 Å². The van der Waals surface area contributed by atoms with Crippen LogP contribution in [0, 0.1) is 0 Å². The standard InChI is InChI=1S/C21H39NO6/c1-2-3-4-10-13-17(24)14-11-8-6-5-7-9-12-15-18(25)19(26)21(22,16-23)20(27)28/h9,12,18-19,23,25-26H,2-8,10-11,13-16,22H2,1H3,(H,27,28)/b12-9+/t18-,19-,21+/m0/s1. The van der Waals surface area contributed by atoms with E-state index in [4.69, 9.17) is 15.9 Å². The van der Waals surface area contributed by atoms with Gasteiger partial charge in [-0.3, -0.25) is 9.59 Å². The molecule has 0 unspecified atom stereocenters. The van der Waals surface area contributed by atoms with Crippen LogP contribution in [0.4, 0.5) is 0 Å². The van der Waals surface area contributed by atoms with Gasteiger partial charge in [0, 0.05) is 12.8 Å². The summed E-state index contributed by atoms with van der Waals surface area (Å²) < 4.78 is 0. The fourth-order valence-electron chi connectivity index (χ4n) is 2.93. The Kier molecular flexibility index (Phi) is 14.9. The zero-order chi connectivity index (χ0) is 21.4. The van der Waals surface area contributed by atoms with Crippen molar-refractivity contribution in [2.75, 3.05) is 6.61 Å². The number of carbonyl (C=O) groups excluding carboxylic acids is 1. The van der Waals surface area contributed by atoms with Gasteiger partial charge < -0.3 is 26.2 Å². The molecule has 0 saturated heterocycles. The van der Waals surface area contributed by atoms with E-state index in [0.717, 1.165) is 44.9 Å². The minimum atomic E-state index is -2.28. The van der Waals surface area contributed by atoms with Crippen LogP contribution in [0.3, 0.4) is 0 Å². The number of unbranched alkanes of at least 4 members (excludes halogenated alkanes) is 7. The number of Topliss-reactive ketones (excluding diaryl/α,β-unsaturated/α-hetero) is 1. The van der Waals surface area contributed by atoms with Crippen molar-refractivity contribution in [3.63, 3.8) is 0 Å². The highest BCUT2D eigenvalue weighted by molar-refractivity contribution is 5.79. The Morgan fingerprint density at radius 3 is 2.07 bits per heavy atom. The third-order valence-corrected chi connectivity index (χ3v) is 4.98. The Morgan fingerprint density at radius 1 is 0.964 bits per heavy atom. The van der Waals surface area contributed by atoms with E-state index < -0.39 is 30.3 Å². The number of hydrogen-bond donors (Lipinski definition) is 5. The average Bonchev–Trinajstić information content (AvgIpc) is 2.68. The molecule has 0 aliphatic rings. The number of hydrogen-bond acceptors (Lipinski definition) is 6. The summed E-state index contributed by atoms with van der Waals surface area (Å²) in [5.41, 5.74) is 3.16. The Hall–Kier alpha value is -1.28. The number of allylic oxidation sites excluding steroid dienone is 1. The number of aliphatic carboxylic acids is 1. The molecule has 28 heavy (non-hydrogen) atoms. The summed E-state index contributed by atoms with van der Waals surface area (Å²) in [6.45, 7) is 1.19. The molecule has 0 aromatic heterocycles. The maximum absolute atomic E-state index is 11.7. The molecule has 0 aliphatic heterocycles. The zero-order valence-electron chi connectivity index (χ0n) is 17.2. The number of carboxylic acid groups (broad SMARTS) is 1. The first-order valence-corrected chi connectivity index (χ1v) is 10.5. The van der Waals surface area contributed by atoms with Gasteiger partial charge in [-0.15, -0.1) is 0 Å². The number of carbonyl (C=O) groups is 2. The fourth-order valence-corrected chi connectivity index (χ4v) is 2.93. The second kappa shape index (κ2) is 15.6. The molecule has 0 saturated carbocycles. The number of rotatable bonds is 18. The Bertz CT molecular complexity index is 468. The smallest absolute Gasteiger partial charge is 0.328 e. The first kappa shape index (κ1) is 26.7. The maximum atomic E-state index is 11.7. The molecule has 0 radical (unpaired) electrons. The van der Waals surface area contributed by atoms with Crippen LogP contribution >= 0.6 is 0 Å². The van der Waals surface area contributed by atoms with E-state index in [-0.39, 0.29) is 6.42 Å². The quantitative estimate of drug-likeness (QED) is 0.175. The van der Waals surface area contributed by atoms with Crippen LogP contribution in [-0.4, -0.2) is 56.5 Å². The normalized spacial score (nSPS) is 16.0. The summed E-state index contributed by atoms with van der Waals surface area (Å²) >= 11 is 0. The predicted molar refractivity (Wildman–Crippen MR) is 109 cm³/mol. The molecule has 6 N–H and O–H groups in total. The lowest BCUT2D eigenvalue weighted by molar-refractivity contribution is -0.155. The molecule has 3 atom stereocenters. The predicted octanol–water partition coefficient (Wildman–Crippen LogP) is 2.31. The number of carboxylic acids is 1. The molecule has 0 rings (SSSR count). The van der Waals surface area contributed by atoms with Gasteiger partial charge in [-0.1, -0.05) is 51.2 Å². The average molecular weight is 402 g/mol. The van der Waals surface area contributed by atoms with Gasteiger partial charge in [-0.2, -0.15) is 0 Å². The monoisotopic (exact) mass is 401 g/mol.